The Balaban J connectivity index is 2.19. The lowest BCUT2D eigenvalue weighted by Crippen LogP contribution is -2.24. The monoisotopic (exact) mass is 233 g/mol. The van der Waals surface area contributed by atoms with Crippen molar-refractivity contribution in [1.82, 2.24) is 0 Å². The van der Waals surface area contributed by atoms with E-state index >= 15 is 0 Å². The standard InChI is InChI=1S/C14H19NO2/c1-14(2,3)17-13(16)10-5-4-9-7-12(15)8-11(9)6-10/h4-6,12H,7-8,15H2,1-3H3/t12-/m0/s1. The van der Waals surface area contributed by atoms with Gasteiger partial charge in [-0.2, -0.15) is 0 Å². The largest absolute Gasteiger partial charge is 0.456 e. The predicted molar refractivity (Wildman–Crippen MR) is 67.0 cm³/mol. The molecule has 0 fully saturated rings. The Morgan fingerprint density at radius 1 is 1.29 bits per heavy atom. The van der Waals surface area contributed by atoms with Gasteiger partial charge in [0.25, 0.3) is 0 Å². The van der Waals surface area contributed by atoms with Crippen LogP contribution < -0.4 is 5.73 Å². The Hall–Kier alpha value is -1.35. The highest BCUT2D eigenvalue weighted by molar-refractivity contribution is 5.90. The molecule has 0 heterocycles. The van der Waals surface area contributed by atoms with Crippen LogP contribution in [0.25, 0.3) is 0 Å². The normalized spacial score (nSPS) is 18.9. The van der Waals surface area contributed by atoms with Crippen molar-refractivity contribution in [2.75, 3.05) is 0 Å². The molecular weight excluding hydrogens is 214 g/mol. The SMILES string of the molecule is CC(C)(C)OC(=O)c1ccc2c(c1)C[C@@H](N)C2. The van der Waals surface area contributed by atoms with Crippen LogP contribution in [0.2, 0.25) is 0 Å². The second-order valence-corrected chi connectivity index (χ2v) is 5.65. The number of hydrogen-bond acceptors (Lipinski definition) is 3. The number of benzene rings is 1. The van der Waals surface area contributed by atoms with Crippen molar-refractivity contribution >= 4 is 5.97 Å². The van der Waals surface area contributed by atoms with E-state index in [1.807, 2.05) is 39.0 Å². The molecule has 0 unspecified atom stereocenters. The van der Waals surface area contributed by atoms with Gasteiger partial charge < -0.3 is 10.5 Å². The molecule has 0 saturated heterocycles. The van der Waals surface area contributed by atoms with Crippen molar-refractivity contribution in [3.05, 3.63) is 34.9 Å². The molecule has 2 N–H and O–H groups in total. The summed E-state index contributed by atoms with van der Waals surface area (Å²) >= 11 is 0. The lowest BCUT2D eigenvalue weighted by molar-refractivity contribution is 0.00694. The Labute approximate surface area is 102 Å². The van der Waals surface area contributed by atoms with E-state index in [0.29, 0.717) is 5.56 Å². The van der Waals surface area contributed by atoms with Gasteiger partial charge in [-0.15, -0.1) is 0 Å². The number of fused-ring (bicyclic) bond motifs is 1. The molecule has 3 nitrogen and oxygen atoms in total. The number of rotatable bonds is 1. The van der Waals surface area contributed by atoms with Crippen LogP contribution in [0.15, 0.2) is 18.2 Å². The van der Waals surface area contributed by atoms with Gasteiger partial charge in [0.1, 0.15) is 5.60 Å². The molecule has 17 heavy (non-hydrogen) atoms. The molecule has 0 radical (unpaired) electrons. The van der Waals surface area contributed by atoms with Gasteiger partial charge in [-0.05, 0) is 56.9 Å². The summed E-state index contributed by atoms with van der Waals surface area (Å²) in [7, 11) is 0. The van der Waals surface area contributed by atoms with Crippen LogP contribution in [-0.2, 0) is 17.6 Å². The zero-order chi connectivity index (χ0) is 12.6. The van der Waals surface area contributed by atoms with Crippen LogP contribution in [0.1, 0.15) is 42.3 Å². The number of esters is 1. The summed E-state index contributed by atoms with van der Waals surface area (Å²) in [5, 5.41) is 0. The molecule has 1 atom stereocenters. The molecule has 0 amide bonds. The average molecular weight is 233 g/mol. The summed E-state index contributed by atoms with van der Waals surface area (Å²) in [6, 6.07) is 5.92. The first-order valence-electron chi connectivity index (χ1n) is 5.96. The van der Waals surface area contributed by atoms with Crippen molar-refractivity contribution in [3.8, 4) is 0 Å². The van der Waals surface area contributed by atoms with E-state index in [9.17, 15) is 4.79 Å². The molecule has 1 aliphatic carbocycles. The maximum atomic E-state index is 11.9. The molecule has 0 saturated carbocycles. The summed E-state index contributed by atoms with van der Waals surface area (Å²) in [4.78, 5) is 11.9. The van der Waals surface area contributed by atoms with E-state index in [0.717, 1.165) is 12.8 Å². The molecule has 0 aliphatic heterocycles. The van der Waals surface area contributed by atoms with E-state index in [1.54, 1.807) is 0 Å². The molecular formula is C14H19NO2. The van der Waals surface area contributed by atoms with Crippen LogP contribution >= 0.6 is 0 Å². The van der Waals surface area contributed by atoms with Gasteiger partial charge in [0, 0.05) is 6.04 Å². The molecule has 92 valence electrons. The topological polar surface area (TPSA) is 52.3 Å². The first kappa shape index (κ1) is 12.1. The fourth-order valence-corrected chi connectivity index (χ4v) is 2.12. The Kier molecular flexibility index (Phi) is 2.96. The summed E-state index contributed by atoms with van der Waals surface area (Å²) in [6.07, 6.45) is 1.76. The number of carbonyl (C=O) groups excluding carboxylic acids is 1. The quantitative estimate of drug-likeness (QED) is 0.755. The summed E-state index contributed by atoms with van der Waals surface area (Å²) < 4.78 is 5.34. The molecule has 1 aromatic rings. The first-order chi connectivity index (χ1) is 7.85. The molecule has 0 aromatic heterocycles. The van der Waals surface area contributed by atoms with Gasteiger partial charge in [0.05, 0.1) is 5.56 Å². The minimum absolute atomic E-state index is 0.193. The molecule has 3 heteroatoms. The number of nitrogens with two attached hydrogens (primary N) is 1. The predicted octanol–water partition coefficient (Wildman–Crippen LogP) is 2.07. The Morgan fingerprint density at radius 2 is 1.94 bits per heavy atom. The second-order valence-electron chi connectivity index (χ2n) is 5.65. The van der Waals surface area contributed by atoms with Crippen molar-refractivity contribution in [1.29, 1.82) is 0 Å². The maximum Gasteiger partial charge on any atom is 0.338 e. The minimum Gasteiger partial charge on any atom is -0.456 e. The van der Waals surface area contributed by atoms with E-state index in [4.69, 9.17) is 10.5 Å². The van der Waals surface area contributed by atoms with Gasteiger partial charge in [0.15, 0.2) is 0 Å². The van der Waals surface area contributed by atoms with Crippen molar-refractivity contribution < 1.29 is 9.53 Å². The third-order valence-electron chi connectivity index (χ3n) is 2.81. The first-order valence-corrected chi connectivity index (χ1v) is 5.96. The van der Waals surface area contributed by atoms with Gasteiger partial charge >= 0.3 is 5.97 Å². The average Bonchev–Trinajstić information content (AvgIpc) is 2.53. The smallest absolute Gasteiger partial charge is 0.338 e. The number of hydrogen-bond donors (Lipinski definition) is 1. The van der Waals surface area contributed by atoms with Crippen molar-refractivity contribution in [3.63, 3.8) is 0 Å². The second kappa shape index (κ2) is 4.15. The van der Waals surface area contributed by atoms with Crippen LogP contribution in [0, 0.1) is 0 Å². The lowest BCUT2D eigenvalue weighted by atomic mass is 10.1. The lowest BCUT2D eigenvalue weighted by Gasteiger charge is -2.19. The van der Waals surface area contributed by atoms with Gasteiger partial charge in [0.2, 0.25) is 0 Å². The third kappa shape index (κ3) is 2.86. The molecule has 0 spiro atoms. The van der Waals surface area contributed by atoms with Crippen molar-refractivity contribution in [2.45, 2.75) is 45.3 Å². The fraction of sp³-hybridized carbons (Fsp3) is 0.500. The van der Waals surface area contributed by atoms with E-state index < -0.39 is 5.60 Å². The van der Waals surface area contributed by atoms with Crippen LogP contribution in [0.4, 0.5) is 0 Å². The van der Waals surface area contributed by atoms with Crippen molar-refractivity contribution in [2.24, 2.45) is 5.73 Å². The van der Waals surface area contributed by atoms with Gasteiger partial charge in [-0.25, -0.2) is 4.79 Å². The fourth-order valence-electron chi connectivity index (χ4n) is 2.12. The molecule has 1 aromatic carbocycles. The van der Waals surface area contributed by atoms with Crippen LogP contribution in [0.5, 0.6) is 0 Å². The summed E-state index contributed by atoms with van der Waals surface area (Å²) in [5.74, 6) is -0.263. The zero-order valence-corrected chi connectivity index (χ0v) is 10.6. The van der Waals surface area contributed by atoms with E-state index in [-0.39, 0.29) is 12.0 Å². The summed E-state index contributed by atoms with van der Waals surface area (Å²) in [5.41, 5.74) is 8.50. The molecule has 1 aliphatic rings. The van der Waals surface area contributed by atoms with Crippen LogP contribution in [-0.4, -0.2) is 17.6 Å². The third-order valence-corrected chi connectivity index (χ3v) is 2.81. The molecule has 0 bridgehead atoms. The highest BCUT2D eigenvalue weighted by Crippen LogP contribution is 2.23. The zero-order valence-electron chi connectivity index (χ0n) is 10.6. The van der Waals surface area contributed by atoms with Crippen LogP contribution in [0.3, 0.4) is 0 Å². The molecule has 2 rings (SSSR count). The van der Waals surface area contributed by atoms with E-state index in [1.165, 1.54) is 11.1 Å². The Morgan fingerprint density at radius 3 is 2.59 bits per heavy atom. The maximum absolute atomic E-state index is 11.9. The van der Waals surface area contributed by atoms with Gasteiger partial charge in [-0.1, -0.05) is 6.07 Å². The highest BCUT2D eigenvalue weighted by atomic mass is 16.6. The number of ether oxygens (including phenoxy) is 1. The Bertz CT molecular complexity index is 446. The van der Waals surface area contributed by atoms with E-state index in [2.05, 4.69) is 0 Å². The highest BCUT2D eigenvalue weighted by Gasteiger charge is 2.22. The summed E-state index contributed by atoms with van der Waals surface area (Å²) in [6.45, 7) is 5.61. The van der Waals surface area contributed by atoms with Gasteiger partial charge in [-0.3, -0.25) is 0 Å². The number of carbonyl (C=O) groups is 1. The minimum atomic E-state index is -0.452.